The van der Waals surface area contributed by atoms with Crippen molar-refractivity contribution in [2.24, 2.45) is 5.92 Å². The Kier molecular flexibility index (Phi) is 2.46. The van der Waals surface area contributed by atoms with Crippen LogP contribution < -0.4 is 0 Å². The van der Waals surface area contributed by atoms with Gasteiger partial charge in [0.05, 0.1) is 0 Å². The van der Waals surface area contributed by atoms with Crippen molar-refractivity contribution in [3.63, 3.8) is 0 Å². The summed E-state index contributed by atoms with van der Waals surface area (Å²) in [6, 6.07) is 6.66. The first-order chi connectivity index (χ1) is 7.16. The molecule has 0 aliphatic heterocycles. The summed E-state index contributed by atoms with van der Waals surface area (Å²) in [5, 5.41) is 17.9. The van der Waals surface area contributed by atoms with Gasteiger partial charge < -0.3 is 10.2 Å². The normalized spacial score (nSPS) is 16.4. The molecule has 0 aromatic heterocycles. The summed E-state index contributed by atoms with van der Waals surface area (Å²) in [7, 11) is 0. The molecule has 0 bridgehead atoms. The van der Waals surface area contributed by atoms with Crippen molar-refractivity contribution in [3.8, 4) is 5.75 Å². The van der Waals surface area contributed by atoms with Crippen LogP contribution in [0.25, 0.3) is 5.57 Å². The van der Waals surface area contributed by atoms with E-state index >= 15 is 0 Å². The molecule has 0 spiro atoms. The molecule has 3 nitrogen and oxygen atoms in total. The predicted molar refractivity (Wildman–Crippen MR) is 56.4 cm³/mol. The predicted octanol–water partition coefficient (Wildman–Crippen LogP) is 2.27. The van der Waals surface area contributed by atoms with Gasteiger partial charge in [0.1, 0.15) is 5.75 Å². The Balaban J connectivity index is 2.32. The van der Waals surface area contributed by atoms with E-state index in [1.54, 1.807) is 24.3 Å². The van der Waals surface area contributed by atoms with Gasteiger partial charge in [0.15, 0.2) is 0 Å². The third-order valence-electron chi connectivity index (χ3n) is 2.50. The topological polar surface area (TPSA) is 57.5 Å². The Labute approximate surface area is 87.7 Å². The van der Waals surface area contributed by atoms with Crippen LogP contribution in [-0.4, -0.2) is 16.2 Å². The molecule has 1 aromatic carbocycles. The molecule has 2 N–H and O–H groups in total. The highest BCUT2D eigenvalue weighted by Gasteiger charge is 2.27. The lowest BCUT2D eigenvalue weighted by molar-refractivity contribution is -0.131. The number of carboxylic acids is 1. The van der Waals surface area contributed by atoms with E-state index in [0.717, 1.165) is 24.0 Å². The molecule has 1 saturated carbocycles. The molecule has 0 amide bonds. The second-order valence-electron chi connectivity index (χ2n) is 3.76. The lowest BCUT2D eigenvalue weighted by Crippen LogP contribution is -1.94. The number of hydrogen-bond donors (Lipinski definition) is 2. The van der Waals surface area contributed by atoms with Crippen LogP contribution in [0.15, 0.2) is 30.3 Å². The van der Waals surface area contributed by atoms with Crippen LogP contribution in [-0.2, 0) is 4.79 Å². The van der Waals surface area contributed by atoms with Gasteiger partial charge in [0, 0.05) is 6.08 Å². The summed E-state index contributed by atoms with van der Waals surface area (Å²) >= 11 is 0. The van der Waals surface area contributed by atoms with Gasteiger partial charge >= 0.3 is 5.97 Å². The summed E-state index contributed by atoms with van der Waals surface area (Å²) in [4.78, 5) is 10.7. The van der Waals surface area contributed by atoms with Crippen molar-refractivity contribution in [1.82, 2.24) is 0 Å². The zero-order valence-electron chi connectivity index (χ0n) is 8.18. The van der Waals surface area contributed by atoms with Gasteiger partial charge in [-0.25, -0.2) is 4.79 Å². The van der Waals surface area contributed by atoms with Crippen LogP contribution in [0, 0.1) is 5.92 Å². The second kappa shape index (κ2) is 3.77. The first kappa shape index (κ1) is 9.77. The van der Waals surface area contributed by atoms with E-state index in [0.29, 0.717) is 5.92 Å². The highest BCUT2D eigenvalue weighted by atomic mass is 16.4. The van der Waals surface area contributed by atoms with Crippen LogP contribution in [0.3, 0.4) is 0 Å². The van der Waals surface area contributed by atoms with Crippen LogP contribution in [0.5, 0.6) is 5.75 Å². The molecule has 15 heavy (non-hydrogen) atoms. The fourth-order valence-electron chi connectivity index (χ4n) is 1.62. The van der Waals surface area contributed by atoms with Crippen LogP contribution in [0.2, 0.25) is 0 Å². The maximum absolute atomic E-state index is 10.7. The average Bonchev–Trinajstić information content (AvgIpc) is 2.99. The summed E-state index contributed by atoms with van der Waals surface area (Å²) in [6.45, 7) is 0. The Morgan fingerprint density at radius 3 is 2.33 bits per heavy atom. The van der Waals surface area contributed by atoms with Gasteiger partial charge in [-0.3, -0.25) is 0 Å². The van der Waals surface area contributed by atoms with Crippen molar-refractivity contribution in [2.45, 2.75) is 12.8 Å². The van der Waals surface area contributed by atoms with E-state index in [9.17, 15) is 4.79 Å². The maximum atomic E-state index is 10.7. The molecule has 1 fully saturated rings. The molecule has 0 heterocycles. The SMILES string of the molecule is O=C(O)/C=C(\c1ccc(O)cc1)C1CC1. The van der Waals surface area contributed by atoms with E-state index in [1.165, 1.54) is 6.08 Å². The van der Waals surface area contributed by atoms with Crippen LogP contribution >= 0.6 is 0 Å². The number of benzene rings is 1. The molecular weight excluding hydrogens is 192 g/mol. The van der Waals surface area contributed by atoms with E-state index in [1.807, 2.05) is 0 Å². The molecule has 0 unspecified atom stereocenters. The van der Waals surface area contributed by atoms with E-state index in [2.05, 4.69) is 0 Å². The minimum Gasteiger partial charge on any atom is -0.508 e. The summed E-state index contributed by atoms with van der Waals surface area (Å²) in [6.07, 6.45) is 3.38. The first-order valence-corrected chi connectivity index (χ1v) is 4.91. The zero-order chi connectivity index (χ0) is 10.8. The van der Waals surface area contributed by atoms with Crippen molar-refractivity contribution in [2.75, 3.05) is 0 Å². The first-order valence-electron chi connectivity index (χ1n) is 4.91. The van der Waals surface area contributed by atoms with Gasteiger partial charge in [-0.15, -0.1) is 0 Å². The molecule has 1 aliphatic carbocycles. The largest absolute Gasteiger partial charge is 0.508 e. The van der Waals surface area contributed by atoms with Gasteiger partial charge in [-0.2, -0.15) is 0 Å². The Morgan fingerprint density at radius 1 is 1.27 bits per heavy atom. The van der Waals surface area contributed by atoms with E-state index in [-0.39, 0.29) is 5.75 Å². The molecule has 0 atom stereocenters. The quantitative estimate of drug-likeness (QED) is 0.742. The highest BCUT2D eigenvalue weighted by Crippen LogP contribution is 2.42. The van der Waals surface area contributed by atoms with Gasteiger partial charge in [0.2, 0.25) is 0 Å². The molecule has 3 heteroatoms. The molecule has 2 rings (SSSR count). The van der Waals surface area contributed by atoms with Crippen molar-refractivity contribution in [3.05, 3.63) is 35.9 Å². The Hall–Kier alpha value is -1.77. The summed E-state index contributed by atoms with van der Waals surface area (Å²) in [5.41, 5.74) is 1.75. The fourth-order valence-corrected chi connectivity index (χ4v) is 1.62. The van der Waals surface area contributed by atoms with Crippen LogP contribution in [0.4, 0.5) is 0 Å². The minimum absolute atomic E-state index is 0.198. The average molecular weight is 204 g/mol. The monoisotopic (exact) mass is 204 g/mol. The molecular formula is C12H12O3. The molecule has 1 aliphatic rings. The molecule has 0 radical (unpaired) electrons. The zero-order valence-corrected chi connectivity index (χ0v) is 8.18. The summed E-state index contributed by atoms with van der Waals surface area (Å²) < 4.78 is 0. The second-order valence-corrected chi connectivity index (χ2v) is 3.76. The smallest absolute Gasteiger partial charge is 0.328 e. The Bertz CT molecular complexity index is 399. The van der Waals surface area contributed by atoms with Crippen molar-refractivity contribution < 1.29 is 15.0 Å². The Morgan fingerprint density at radius 2 is 1.87 bits per heavy atom. The number of carboxylic acid groups (broad SMARTS) is 1. The van der Waals surface area contributed by atoms with Gasteiger partial charge in [-0.1, -0.05) is 12.1 Å². The van der Waals surface area contributed by atoms with E-state index < -0.39 is 5.97 Å². The summed E-state index contributed by atoms with van der Waals surface area (Å²) in [5.74, 6) is -0.333. The molecule has 1 aromatic rings. The third kappa shape index (κ3) is 2.37. The minimum atomic E-state index is -0.912. The number of allylic oxidation sites excluding steroid dienone is 1. The number of aliphatic carboxylic acids is 1. The van der Waals surface area contributed by atoms with Crippen molar-refractivity contribution in [1.29, 1.82) is 0 Å². The fraction of sp³-hybridized carbons (Fsp3) is 0.250. The lowest BCUT2D eigenvalue weighted by atomic mass is 10.0. The molecule has 0 saturated heterocycles. The van der Waals surface area contributed by atoms with Gasteiger partial charge in [-0.05, 0) is 42.0 Å². The number of carbonyl (C=O) groups is 1. The van der Waals surface area contributed by atoms with Gasteiger partial charge in [0.25, 0.3) is 0 Å². The lowest BCUT2D eigenvalue weighted by Gasteiger charge is -2.05. The van der Waals surface area contributed by atoms with E-state index in [4.69, 9.17) is 10.2 Å². The maximum Gasteiger partial charge on any atom is 0.328 e. The highest BCUT2D eigenvalue weighted by molar-refractivity contribution is 5.91. The standard InChI is InChI=1S/C12H12O3/c13-10-5-3-9(4-6-10)11(7-12(14)15)8-1-2-8/h3-8,13H,1-2H2,(H,14,15)/b11-7-. The number of aromatic hydroxyl groups is 1. The number of hydrogen-bond acceptors (Lipinski definition) is 2. The number of phenols is 1. The third-order valence-corrected chi connectivity index (χ3v) is 2.50. The van der Waals surface area contributed by atoms with Crippen LogP contribution in [0.1, 0.15) is 18.4 Å². The molecule has 78 valence electrons. The number of phenolic OH excluding ortho intramolecular Hbond substituents is 1. The van der Waals surface area contributed by atoms with Crippen molar-refractivity contribution >= 4 is 11.5 Å². The number of rotatable bonds is 3.